The molecule has 0 saturated carbocycles. The SMILES string of the molecule is CCCCCCCCCCCCCCCCCCCCCC(=O)C(=CC(=O)O)C(=O)O. The Hall–Kier alpha value is -1.65. The Morgan fingerprint density at radius 3 is 1.16 bits per heavy atom. The first-order chi connectivity index (χ1) is 15.0. The molecule has 0 amide bonds. The smallest absolute Gasteiger partial charge is 0.339 e. The van der Waals surface area contributed by atoms with Gasteiger partial charge in [-0.1, -0.05) is 122 Å². The summed E-state index contributed by atoms with van der Waals surface area (Å²) in [4.78, 5) is 33.3. The maximum absolute atomic E-state index is 11.8. The Morgan fingerprint density at radius 2 is 0.871 bits per heavy atom. The van der Waals surface area contributed by atoms with E-state index in [1.165, 1.54) is 96.3 Å². The summed E-state index contributed by atoms with van der Waals surface area (Å²) in [5.41, 5.74) is -0.630. The van der Waals surface area contributed by atoms with Crippen molar-refractivity contribution in [2.45, 2.75) is 135 Å². The molecular weight excluding hydrogens is 392 g/mol. The second-order valence-corrected chi connectivity index (χ2v) is 8.74. The van der Waals surface area contributed by atoms with Crippen LogP contribution in [0.4, 0.5) is 0 Å². The standard InChI is InChI=1S/C26H46O5/c1-2-3-4-5-6-7-8-9-10-11-12-13-14-15-16-17-18-19-20-21-24(27)23(26(30)31)22-25(28)29/h22H,2-21H2,1H3,(H,28,29)(H,30,31). The number of carbonyl (C=O) groups excluding carboxylic acids is 1. The van der Waals surface area contributed by atoms with Gasteiger partial charge in [0.05, 0.1) is 0 Å². The van der Waals surface area contributed by atoms with Crippen molar-refractivity contribution in [3.05, 3.63) is 11.6 Å². The minimum absolute atomic E-state index is 0.101. The zero-order chi connectivity index (χ0) is 23.2. The molecule has 180 valence electrons. The maximum atomic E-state index is 11.8. The molecule has 0 bridgehead atoms. The van der Waals surface area contributed by atoms with E-state index in [9.17, 15) is 14.4 Å². The number of unbranched alkanes of at least 4 members (excludes halogenated alkanes) is 18. The van der Waals surface area contributed by atoms with E-state index in [1.54, 1.807) is 0 Å². The lowest BCUT2D eigenvalue weighted by Gasteiger charge is -2.04. The lowest BCUT2D eigenvalue weighted by molar-refractivity contribution is -0.137. The van der Waals surface area contributed by atoms with E-state index in [1.807, 2.05) is 0 Å². The van der Waals surface area contributed by atoms with Gasteiger partial charge in [0, 0.05) is 12.5 Å². The normalized spacial score (nSPS) is 11.6. The molecule has 0 aliphatic carbocycles. The van der Waals surface area contributed by atoms with Gasteiger partial charge >= 0.3 is 11.9 Å². The van der Waals surface area contributed by atoms with Crippen LogP contribution in [0.1, 0.15) is 135 Å². The molecule has 0 rings (SSSR count). The van der Waals surface area contributed by atoms with Gasteiger partial charge in [0.15, 0.2) is 5.78 Å². The Morgan fingerprint density at radius 1 is 0.548 bits per heavy atom. The van der Waals surface area contributed by atoms with Crippen LogP contribution < -0.4 is 0 Å². The lowest BCUT2D eigenvalue weighted by Crippen LogP contribution is -2.14. The Kier molecular flexibility index (Phi) is 20.4. The molecule has 0 aromatic rings. The average molecular weight is 439 g/mol. The summed E-state index contributed by atoms with van der Waals surface area (Å²) >= 11 is 0. The van der Waals surface area contributed by atoms with Gasteiger partial charge in [0.25, 0.3) is 0 Å². The Balaban J connectivity index is 3.37. The summed E-state index contributed by atoms with van der Waals surface area (Å²) in [6.07, 6.45) is 24.7. The van der Waals surface area contributed by atoms with Crippen LogP contribution in [0.5, 0.6) is 0 Å². The van der Waals surface area contributed by atoms with Crippen LogP contribution in [-0.2, 0) is 14.4 Å². The molecule has 0 spiro atoms. The molecular formula is C26H46O5. The summed E-state index contributed by atoms with van der Waals surface area (Å²) < 4.78 is 0. The first-order valence-electron chi connectivity index (χ1n) is 12.7. The number of carboxylic acid groups (broad SMARTS) is 2. The van der Waals surface area contributed by atoms with Crippen molar-refractivity contribution in [1.82, 2.24) is 0 Å². The number of hydrogen-bond acceptors (Lipinski definition) is 3. The summed E-state index contributed by atoms with van der Waals surface area (Å²) in [6, 6.07) is 0. The third-order valence-electron chi connectivity index (χ3n) is 5.81. The van der Waals surface area contributed by atoms with Crippen molar-refractivity contribution >= 4 is 17.7 Å². The zero-order valence-electron chi connectivity index (χ0n) is 19.8. The second-order valence-electron chi connectivity index (χ2n) is 8.74. The molecule has 0 fully saturated rings. The minimum Gasteiger partial charge on any atom is -0.478 e. The number of hydrogen-bond donors (Lipinski definition) is 2. The molecule has 0 saturated heterocycles. The van der Waals surface area contributed by atoms with Gasteiger partial charge in [0.2, 0.25) is 0 Å². The summed E-state index contributed by atoms with van der Waals surface area (Å²) in [5.74, 6) is -3.47. The van der Waals surface area contributed by atoms with Gasteiger partial charge in [-0.3, -0.25) is 4.79 Å². The van der Waals surface area contributed by atoms with Crippen LogP contribution in [0.25, 0.3) is 0 Å². The number of carboxylic acids is 2. The molecule has 0 radical (unpaired) electrons. The third kappa shape index (κ3) is 20.0. The molecule has 0 heterocycles. The molecule has 0 atom stereocenters. The van der Waals surface area contributed by atoms with Gasteiger partial charge in [-0.05, 0) is 6.42 Å². The van der Waals surface area contributed by atoms with E-state index >= 15 is 0 Å². The highest BCUT2D eigenvalue weighted by Gasteiger charge is 2.18. The number of carbonyl (C=O) groups is 3. The van der Waals surface area contributed by atoms with E-state index in [4.69, 9.17) is 10.2 Å². The highest BCUT2D eigenvalue weighted by Crippen LogP contribution is 2.15. The monoisotopic (exact) mass is 438 g/mol. The number of aliphatic carboxylic acids is 2. The molecule has 31 heavy (non-hydrogen) atoms. The first kappa shape index (κ1) is 29.4. The van der Waals surface area contributed by atoms with E-state index in [0.29, 0.717) is 12.5 Å². The third-order valence-corrected chi connectivity index (χ3v) is 5.81. The van der Waals surface area contributed by atoms with E-state index < -0.39 is 23.3 Å². The largest absolute Gasteiger partial charge is 0.478 e. The van der Waals surface area contributed by atoms with Crippen molar-refractivity contribution in [1.29, 1.82) is 0 Å². The van der Waals surface area contributed by atoms with Gasteiger partial charge in [-0.25, -0.2) is 9.59 Å². The fourth-order valence-electron chi connectivity index (χ4n) is 3.88. The van der Waals surface area contributed by atoms with E-state index in [2.05, 4.69) is 6.92 Å². The zero-order valence-corrected chi connectivity index (χ0v) is 19.8. The molecule has 0 aliphatic heterocycles. The van der Waals surface area contributed by atoms with Crippen LogP contribution in [0.2, 0.25) is 0 Å². The van der Waals surface area contributed by atoms with Crippen molar-refractivity contribution < 1.29 is 24.6 Å². The van der Waals surface area contributed by atoms with Crippen molar-refractivity contribution in [3.8, 4) is 0 Å². The summed E-state index contributed by atoms with van der Waals surface area (Å²) in [7, 11) is 0. The predicted molar refractivity (Wildman–Crippen MR) is 126 cm³/mol. The quantitative estimate of drug-likeness (QED) is 0.0747. The van der Waals surface area contributed by atoms with Crippen LogP contribution in [0.15, 0.2) is 11.6 Å². The fraction of sp³-hybridized carbons (Fsp3) is 0.808. The molecule has 0 aliphatic rings. The van der Waals surface area contributed by atoms with Crippen molar-refractivity contribution in [2.24, 2.45) is 0 Å². The van der Waals surface area contributed by atoms with Gasteiger partial charge in [0.1, 0.15) is 5.57 Å². The highest BCUT2D eigenvalue weighted by molar-refractivity contribution is 6.19. The number of Topliss-reactive ketones (excluding diaryl/α,β-unsaturated/α-hetero) is 1. The topological polar surface area (TPSA) is 91.7 Å². The Labute approximate surface area is 189 Å². The number of ketones is 1. The summed E-state index contributed by atoms with van der Waals surface area (Å²) in [6.45, 7) is 2.26. The van der Waals surface area contributed by atoms with Gasteiger partial charge in [-0.15, -0.1) is 0 Å². The summed E-state index contributed by atoms with van der Waals surface area (Å²) in [5, 5.41) is 17.5. The molecule has 0 aromatic carbocycles. The lowest BCUT2D eigenvalue weighted by atomic mass is 10.0. The average Bonchev–Trinajstić information content (AvgIpc) is 2.73. The van der Waals surface area contributed by atoms with Crippen molar-refractivity contribution in [3.63, 3.8) is 0 Å². The van der Waals surface area contributed by atoms with Crippen molar-refractivity contribution in [2.75, 3.05) is 0 Å². The predicted octanol–water partition coefficient (Wildman–Crippen LogP) is 7.47. The van der Waals surface area contributed by atoms with Crippen LogP contribution in [-0.4, -0.2) is 27.9 Å². The second kappa shape index (κ2) is 21.6. The first-order valence-corrected chi connectivity index (χ1v) is 12.7. The van der Waals surface area contributed by atoms with Crippen LogP contribution >= 0.6 is 0 Å². The molecule has 5 heteroatoms. The van der Waals surface area contributed by atoms with Gasteiger partial charge < -0.3 is 10.2 Å². The minimum atomic E-state index is -1.47. The molecule has 2 N–H and O–H groups in total. The molecule has 5 nitrogen and oxygen atoms in total. The number of rotatable bonds is 23. The Bertz CT molecular complexity index is 510. The fourth-order valence-corrected chi connectivity index (χ4v) is 3.88. The van der Waals surface area contributed by atoms with Crippen LogP contribution in [0.3, 0.4) is 0 Å². The highest BCUT2D eigenvalue weighted by atomic mass is 16.4. The van der Waals surface area contributed by atoms with E-state index in [0.717, 1.165) is 19.3 Å². The van der Waals surface area contributed by atoms with Crippen LogP contribution in [0, 0.1) is 0 Å². The molecule has 0 aromatic heterocycles. The maximum Gasteiger partial charge on any atom is 0.339 e. The van der Waals surface area contributed by atoms with E-state index in [-0.39, 0.29) is 6.42 Å². The molecule has 0 unspecified atom stereocenters. The van der Waals surface area contributed by atoms with Gasteiger partial charge in [-0.2, -0.15) is 0 Å².